The molecule has 2 heteroatoms. The van der Waals surface area contributed by atoms with E-state index in [0.29, 0.717) is 12.3 Å². The predicted octanol–water partition coefficient (Wildman–Crippen LogP) is 3.11. The summed E-state index contributed by atoms with van der Waals surface area (Å²) < 4.78 is 0. The first-order valence-electron chi connectivity index (χ1n) is 5.95. The van der Waals surface area contributed by atoms with E-state index in [1.54, 1.807) is 0 Å². The van der Waals surface area contributed by atoms with Crippen molar-refractivity contribution < 1.29 is 4.79 Å². The summed E-state index contributed by atoms with van der Waals surface area (Å²) in [4.78, 5) is 13.8. The molecule has 0 aromatic heterocycles. The minimum atomic E-state index is 0.228. The number of hydrogen-bond donors (Lipinski definition) is 0. The number of carbonyl (C=O) groups is 1. The molecule has 0 aliphatic carbocycles. The van der Waals surface area contributed by atoms with E-state index in [-0.39, 0.29) is 11.9 Å². The largest absolute Gasteiger partial charge is 0.309 e. The molecule has 0 unspecified atom stereocenters. The number of hydrogen-bond acceptors (Lipinski definition) is 1. The second kappa shape index (κ2) is 3.93. The first-order chi connectivity index (χ1) is 7.50. The van der Waals surface area contributed by atoms with Crippen molar-refractivity contribution in [2.75, 3.05) is 4.90 Å². The third kappa shape index (κ3) is 1.73. The van der Waals surface area contributed by atoms with Crippen LogP contribution in [0.2, 0.25) is 0 Å². The zero-order valence-electron chi connectivity index (χ0n) is 10.4. The Labute approximate surface area is 97.3 Å². The average molecular weight is 217 g/mol. The van der Waals surface area contributed by atoms with Crippen molar-refractivity contribution in [2.24, 2.45) is 0 Å². The summed E-state index contributed by atoms with van der Waals surface area (Å²) >= 11 is 0. The molecule has 1 heterocycles. The van der Waals surface area contributed by atoms with Gasteiger partial charge in [-0.05, 0) is 37.0 Å². The number of nitrogens with zero attached hydrogens (tertiary/aromatic N) is 1. The van der Waals surface area contributed by atoms with Crippen molar-refractivity contribution >= 4 is 11.6 Å². The molecule has 1 aromatic rings. The van der Waals surface area contributed by atoms with Crippen LogP contribution in [0.4, 0.5) is 5.69 Å². The van der Waals surface area contributed by atoms with Crippen LogP contribution in [0, 0.1) is 0 Å². The number of anilines is 1. The Morgan fingerprint density at radius 1 is 1.19 bits per heavy atom. The highest BCUT2D eigenvalue weighted by atomic mass is 16.2. The van der Waals surface area contributed by atoms with Gasteiger partial charge in [-0.2, -0.15) is 0 Å². The van der Waals surface area contributed by atoms with E-state index in [1.165, 1.54) is 11.1 Å². The predicted molar refractivity (Wildman–Crippen MR) is 66.9 cm³/mol. The fourth-order valence-corrected chi connectivity index (χ4v) is 2.26. The van der Waals surface area contributed by atoms with Gasteiger partial charge in [0.25, 0.3) is 0 Å². The lowest BCUT2D eigenvalue weighted by Gasteiger charge is -2.22. The van der Waals surface area contributed by atoms with E-state index in [9.17, 15) is 4.79 Å². The highest BCUT2D eigenvalue weighted by molar-refractivity contribution is 6.01. The van der Waals surface area contributed by atoms with Crippen molar-refractivity contribution in [3.05, 3.63) is 29.3 Å². The molecule has 0 N–H and O–H groups in total. The van der Waals surface area contributed by atoms with Crippen LogP contribution in [0.3, 0.4) is 0 Å². The second-order valence-electron chi connectivity index (χ2n) is 5.08. The molecular formula is C14H19NO. The van der Waals surface area contributed by atoms with E-state index in [4.69, 9.17) is 0 Å². The minimum absolute atomic E-state index is 0.228. The molecule has 0 radical (unpaired) electrons. The summed E-state index contributed by atoms with van der Waals surface area (Å²) in [5.74, 6) is 0.737. The molecule has 0 fully saturated rings. The van der Waals surface area contributed by atoms with Gasteiger partial charge >= 0.3 is 0 Å². The first kappa shape index (κ1) is 11.2. The molecule has 1 aliphatic heterocycles. The van der Waals surface area contributed by atoms with Crippen LogP contribution in [0.25, 0.3) is 0 Å². The molecular weight excluding hydrogens is 198 g/mol. The smallest absolute Gasteiger partial charge is 0.231 e. The third-order valence-electron chi connectivity index (χ3n) is 3.16. The summed E-state index contributed by atoms with van der Waals surface area (Å²) in [5, 5.41) is 0. The topological polar surface area (TPSA) is 20.3 Å². The van der Waals surface area contributed by atoms with Crippen molar-refractivity contribution in [1.29, 1.82) is 0 Å². The van der Waals surface area contributed by atoms with Crippen molar-refractivity contribution in [3.63, 3.8) is 0 Å². The standard InChI is InChI=1S/C14H19NO/c1-9(2)11-5-6-12-8-14(16)15(10(3)4)13(12)7-11/h5-7,9-10H,8H2,1-4H3. The van der Waals surface area contributed by atoms with E-state index in [0.717, 1.165) is 5.69 Å². The summed E-state index contributed by atoms with van der Waals surface area (Å²) in [5.41, 5.74) is 3.59. The summed E-state index contributed by atoms with van der Waals surface area (Å²) in [6, 6.07) is 6.66. The van der Waals surface area contributed by atoms with Crippen LogP contribution in [0.1, 0.15) is 44.7 Å². The fourth-order valence-electron chi connectivity index (χ4n) is 2.26. The molecule has 2 rings (SSSR count). The highest BCUT2D eigenvalue weighted by Crippen LogP contribution is 2.33. The number of fused-ring (bicyclic) bond motifs is 1. The number of benzene rings is 1. The van der Waals surface area contributed by atoms with Gasteiger partial charge in [0.2, 0.25) is 5.91 Å². The quantitative estimate of drug-likeness (QED) is 0.745. The van der Waals surface area contributed by atoms with Crippen molar-refractivity contribution in [2.45, 2.75) is 46.1 Å². The van der Waals surface area contributed by atoms with Crippen molar-refractivity contribution in [3.8, 4) is 0 Å². The Morgan fingerprint density at radius 3 is 2.44 bits per heavy atom. The molecule has 0 saturated carbocycles. The highest BCUT2D eigenvalue weighted by Gasteiger charge is 2.29. The monoisotopic (exact) mass is 217 g/mol. The number of carbonyl (C=O) groups excluding carboxylic acids is 1. The van der Waals surface area contributed by atoms with E-state index >= 15 is 0 Å². The molecule has 2 nitrogen and oxygen atoms in total. The third-order valence-corrected chi connectivity index (χ3v) is 3.16. The van der Waals surface area contributed by atoms with Gasteiger partial charge in [-0.3, -0.25) is 4.79 Å². The minimum Gasteiger partial charge on any atom is -0.309 e. The lowest BCUT2D eigenvalue weighted by Crippen LogP contribution is -2.33. The van der Waals surface area contributed by atoms with Crippen LogP contribution >= 0.6 is 0 Å². The van der Waals surface area contributed by atoms with Gasteiger partial charge < -0.3 is 4.90 Å². The van der Waals surface area contributed by atoms with Crippen LogP contribution in [-0.4, -0.2) is 11.9 Å². The van der Waals surface area contributed by atoms with Crippen LogP contribution < -0.4 is 4.90 Å². The number of amides is 1. The maximum Gasteiger partial charge on any atom is 0.231 e. The Balaban J connectivity index is 2.46. The summed E-state index contributed by atoms with van der Waals surface area (Å²) in [7, 11) is 0. The zero-order valence-corrected chi connectivity index (χ0v) is 10.4. The maximum atomic E-state index is 11.9. The number of rotatable bonds is 2. The van der Waals surface area contributed by atoms with Gasteiger partial charge in [-0.15, -0.1) is 0 Å². The Bertz CT molecular complexity index is 421. The molecule has 16 heavy (non-hydrogen) atoms. The molecule has 0 atom stereocenters. The van der Waals surface area contributed by atoms with Gasteiger partial charge in [0.15, 0.2) is 0 Å². The van der Waals surface area contributed by atoms with E-state index in [1.807, 2.05) is 4.90 Å². The van der Waals surface area contributed by atoms with Gasteiger partial charge in [0.1, 0.15) is 0 Å². The summed E-state index contributed by atoms with van der Waals surface area (Å²) in [6.45, 7) is 8.49. The Morgan fingerprint density at radius 2 is 1.88 bits per heavy atom. The Hall–Kier alpha value is -1.31. The molecule has 0 bridgehead atoms. The van der Waals surface area contributed by atoms with E-state index in [2.05, 4.69) is 45.9 Å². The zero-order chi connectivity index (χ0) is 11.9. The summed E-state index contributed by atoms with van der Waals surface area (Å²) in [6.07, 6.45) is 0.561. The van der Waals surface area contributed by atoms with Crippen molar-refractivity contribution in [1.82, 2.24) is 0 Å². The molecule has 0 saturated heterocycles. The van der Waals surface area contributed by atoms with E-state index < -0.39 is 0 Å². The van der Waals surface area contributed by atoms with Crippen LogP contribution in [0.15, 0.2) is 18.2 Å². The normalized spacial score (nSPS) is 15.1. The van der Waals surface area contributed by atoms with Gasteiger partial charge in [0.05, 0.1) is 6.42 Å². The average Bonchev–Trinajstić information content (AvgIpc) is 2.51. The molecule has 1 aromatic carbocycles. The maximum absolute atomic E-state index is 11.9. The lowest BCUT2D eigenvalue weighted by molar-refractivity contribution is -0.117. The lowest BCUT2D eigenvalue weighted by atomic mass is 10.0. The SMILES string of the molecule is CC(C)c1ccc2c(c1)N(C(C)C)C(=O)C2. The van der Waals surface area contributed by atoms with Gasteiger partial charge in [-0.25, -0.2) is 0 Å². The first-order valence-corrected chi connectivity index (χ1v) is 5.95. The van der Waals surface area contributed by atoms with Crippen LogP contribution in [0.5, 0.6) is 0 Å². The molecule has 86 valence electrons. The Kier molecular flexibility index (Phi) is 2.75. The molecule has 1 aliphatic rings. The second-order valence-corrected chi connectivity index (χ2v) is 5.08. The van der Waals surface area contributed by atoms with Gasteiger partial charge in [0, 0.05) is 11.7 Å². The molecule has 1 amide bonds. The van der Waals surface area contributed by atoms with Crippen LogP contribution in [-0.2, 0) is 11.2 Å². The fraction of sp³-hybridized carbons (Fsp3) is 0.500. The molecule has 0 spiro atoms. The van der Waals surface area contributed by atoms with Gasteiger partial charge in [-0.1, -0.05) is 26.0 Å².